The lowest BCUT2D eigenvalue weighted by Crippen LogP contribution is -2.16. The molecule has 0 aliphatic rings. The van der Waals surface area contributed by atoms with Gasteiger partial charge in [-0.25, -0.2) is 8.42 Å². The smallest absolute Gasteiger partial charge is 0.205 e. The van der Waals surface area contributed by atoms with Gasteiger partial charge in [0.05, 0.1) is 16.4 Å². The second kappa shape index (κ2) is 7.08. The number of benzene rings is 2. The molecule has 0 aliphatic carbocycles. The average Bonchev–Trinajstić information content (AvgIpc) is 2.55. The van der Waals surface area contributed by atoms with Crippen molar-refractivity contribution in [2.24, 2.45) is 0 Å². The van der Waals surface area contributed by atoms with Crippen LogP contribution in [-0.2, 0) is 9.84 Å². The number of aliphatic hydroxyl groups is 2. The predicted octanol–water partition coefficient (Wildman–Crippen LogP) is 2.77. The number of hydrogen-bond acceptors (Lipinski definition) is 4. The van der Waals surface area contributed by atoms with Gasteiger partial charge in [0.2, 0.25) is 9.84 Å². The van der Waals surface area contributed by atoms with Gasteiger partial charge >= 0.3 is 0 Å². The molecule has 0 fully saturated rings. The van der Waals surface area contributed by atoms with E-state index in [0.717, 1.165) is 5.56 Å². The molecule has 1 unspecified atom stereocenters. The number of aliphatic hydroxyl groups excluding tert-OH is 2. The minimum atomic E-state index is -3.91. The zero-order chi connectivity index (χ0) is 17.0. The molecule has 4 nitrogen and oxygen atoms in total. The van der Waals surface area contributed by atoms with Crippen LogP contribution in [0.4, 0.5) is 0 Å². The third-order valence-electron chi connectivity index (χ3n) is 3.64. The summed E-state index contributed by atoms with van der Waals surface area (Å²) in [5.41, 5.74) is 1.63. The molecular weight excluding hydrogens is 312 g/mol. The van der Waals surface area contributed by atoms with Crippen LogP contribution in [0.5, 0.6) is 0 Å². The zero-order valence-corrected chi connectivity index (χ0v) is 13.9. The Morgan fingerprint density at radius 2 is 1.61 bits per heavy atom. The fraction of sp³-hybridized carbons (Fsp3) is 0.222. The van der Waals surface area contributed by atoms with E-state index in [1.807, 2.05) is 6.92 Å². The van der Waals surface area contributed by atoms with Gasteiger partial charge in [-0.15, -0.1) is 0 Å². The van der Waals surface area contributed by atoms with Crippen molar-refractivity contribution in [3.63, 3.8) is 0 Å². The largest absolute Gasteiger partial charge is 0.392 e. The third-order valence-corrected chi connectivity index (χ3v) is 5.69. The molecule has 122 valence electrons. The lowest BCUT2D eigenvalue weighted by Gasteiger charge is -2.19. The second-order valence-corrected chi connectivity index (χ2v) is 7.35. The molecule has 2 rings (SSSR count). The molecule has 0 bridgehead atoms. The monoisotopic (exact) mass is 332 g/mol. The van der Waals surface area contributed by atoms with Crippen LogP contribution in [0.3, 0.4) is 0 Å². The van der Waals surface area contributed by atoms with Crippen LogP contribution in [0, 0.1) is 6.92 Å². The first-order valence-corrected chi connectivity index (χ1v) is 8.71. The average molecular weight is 332 g/mol. The normalized spacial score (nSPS) is 14.3. The van der Waals surface area contributed by atoms with Gasteiger partial charge in [-0.2, -0.15) is 0 Å². The SMILES string of the molecule is C/C(CO)=C(/C(O)c1ccccc1)S(=O)(=O)c1ccc(C)cc1. The van der Waals surface area contributed by atoms with E-state index < -0.39 is 22.5 Å². The van der Waals surface area contributed by atoms with E-state index in [0.29, 0.717) is 5.56 Å². The van der Waals surface area contributed by atoms with E-state index >= 15 is 0 Å². The summed E-state index contributed by atoms with van der Waals surface area (Å²) in [5.74, 6) is 0. The van der Waals surface area contributed by atoms with E-state index in [9.17, 15) is 18.6 Å². The molecule has 2 aromatic carbocycles. The van der Waals surface area contributed by atoms with Gasteiger partial charge < -0.3 is 10.2 Å². The highest BCUT2D eigenvalue weighted by Crippen LogP contribution is 2.33. The van der Waals surface area contributed by atoms with E-state index in [2.05, 4.69) is 0 Å². The van der Waals surface area contributed by atoms with Crippen molar-refractivity contribution in [1.29, 1.82) is 0 Å². The maximum atomic E-state index is 12.9. The van der Waals surface area contributed by atoms with Gasteiger partial charge in [0.1, 0.15) is 6.10 Å². The van der Waals surface area contributed by atoms with Crippen LogP contribution in [0.1, 0.15) is 24.2 Å². The van der Waals surface area contributed by atoms with Crippen LogP contribution in [0.15, 0.2) is 70.0 Å². The van der Waals surface area contributed by atoms with Crippen LogP contribution in [-0.4, -0.2) is 25.2 Å². The first kappa shape index (κ1) is 17.4. The quantitative estimate of drug-likeness (QED) is 0.883. The molecule has 0 saturated carbocycles. The zero-order valence-electron chi connectivity index (χ0n) is 13.1. The van der Waals surface area contributed by atoms with Gasteiger partial charge in [0.15, 0.2) is 0 Å². The molecule has 1 atom stereocenters. The molecule has 0 aliphatic heterocycles. The fourth-order valence-corrected chi connectivity index (χ4v) is 4.02. The topological polar surface area (TPSA) is 74.6 Å². The Balaban J connectivity index is 2.58. The summed E-state index contributed by atoms with van der Waals surface area (Å²) in [6.07, 6.45) is -1.32. The summed E-state index contributed by atoms with van der Waals surface area (Å²) in [4.78, 5) is -0.0732. The molecule has 0 aromatic heterocycles. The number of aryl methyl sites for hydroxylation is 1. The summed E-state index contributed by atoms with van der Waals surface area (Å²) in [7, 11) is -3.91. The highest BCUT2D eigenvalue weighted by atomic mass is 32.2. The summed E-state index contributed by atoms with van der Waals surface area (Å²) >= 11 is 0. The van der Waals surface area contributed by atoms with E-state index in [4.69, 9.17) is 0 Å². The van der Waals surface area contributed by atoms with Crippen LogP contribution in [0.25, 0.3) is 0 Å². The minimum absolute atomic E-state index is 0.0980. The molecule has 0 amide bonds. The molecule has 0 radical (unpaired) electrons. The molecule has 0 heterocycles. The Kier molecular flexibility index (Phi) is 5.36. The first-order valence-electron chi connectivity index (χ1n) is 7.23. The Morgan fingerprint density at radius 3 is 2.13 bits per heavy atom. The Bertz CT molecular complexity index is 791. The van der Waals surface area contributed by atoms with E-state index in [1.54, 1.807) is 42.5 Å². The lowest BCUT2D eigenvalue weighted by molar-refractivity contribution is 0.219. The number of rotatable bonds is 5. The summed E-state index contributed by atoms with van der Waals surface area (Å²) < 4.78 is 25.9. The summed E-state index contributed by atoms with van der Waals surface area (Å²) in [6, 6.07) is 15.0. The molecule has 23 heavy (non-hydrogen) atoms. The van der Waals surface area contributed by atoms with Crippen LogP contribution in [0.2, 0.25) is 0 Å². The Morgan fingerprint density at radius 1 is 1.04 bits per heavy atom. The maximum Gasteiger partial charge on any atom is 0.205 e. The van der Waals surface area contributed by atoms with Gasteiger partial charge in [-0.1, -0.05) is 48.0 Å². The summed E-state index contributed by atoms with van der Waals surface area (Å²) in [5, 5.41) is 20.0. The van der Waals surface area contributed by atoms with Crippen LogP contribution >= 0.6 is 0 Å². The number of hydrogen-bond donors (Lipinski definition) is 2. The standard InChI is InChI=1S/C18H20O4S/c1-13-8-10-16(11-9-13)23(21,22)18(14(2)12-19)17(20)15-6-4-3-5-7-15/h3-11,17,19-20H,12H2,1-2H3/b18-14+. The highest BCUT2D eigenvalue weighted by molar-refractivity contribution is 7.95. The van der Waals surface area contributed by atoms with Gasteiger partial charge in [-0.05, 0) is 37.1 Å². The van der Waals surface area contributed by atoms with Crippen molar-refractivity contribution in [1.82, 2.24) is 0 Å². The molecular formula is C18H20O4S. The second-order valence-electron chi connectivity index (χ2n) is 5.43. The van der Waals surface area contributed by atoms with Crippen molar-refractivity contribution in [2.45, 2.75) is 24.8 Å². The van der Waals surface area contributed by atoms with Gasteiger partial charge in [0.25, 0.3) is 0 Å². The molecule has 0 saturated heterocycles. The maximum absolute atomic E-state index is 12.9. The minimum Gasteiger partial charge on any atom is -0.392 e. The molecule has 2 N–H and O–H groups in total. The van der Waals surface area contributed by atoms with Crippen LogP contribution < -0.4 is 0 Å². The van der Waals surface area contributed by atoms with E-state index in [1.165, 1.54) is 19.1 Å². The molecule has 0 spiro atoms. The van der Waals surface area contributed by atoms with Crippen molar-refractivity contribution >= 4 is 9.84 Å². The summed E-state index contributed by atoms with van der Waals surface area (Å²) in [6.45, 7) is 2.93. The van der Waals surface area contributed by atoms with Crippen molar-refractivity contribution in [3.8, 4) is 0 Å². The van der Waals surface area contributed by atoms with Crippen molar-refractivity contribution in [3.05, 3.63) is 76.2 Å². The fourth-order valence-electron chi connectivity index (χ4n) is 2.32. The third kappa shape index (κ3) is 3.69. The van der Waals surface area contributed by atoms with Crippen molar-refractivity contribution in [2.75, 3.05) is 6.61 Å². The Labute approximate surface area is 136 Å². The number of sulfone groups is 1. The molecule has 5 heteroatoms. The van der Waals surface area contributed by atoms with Gasteiger partial charge in [0, 0.05) is 0 Å². The highest BCUT2D eigenvalue weighted by Gasteiger charge is 2.29. The van der Waals surface area contributed by atoms with E-state index in [-0.39, 0.29) is 15.4 Å². The lowest BCUT2D eigenvalue weighted by atomic mass is 10.1. The predicted molar refractivity (Wildman–Crippen MR) is 89.6 cm³/mol. The van der Waals surface area contributed by atoms with Gasteiger partial charge in [-0.3, -0.25) is 0 Å². The first-order chi connectivity index (χ1) is 10.9. The Hall–Kier alpha value is -1.95. The molecule has 2 aromatic rings. The van der Waals surface area contributed by atoms with Crippen molar-refractivity contribution < 1.29 is 18.6 Å².